The second-order valence-corrected chi connectivity index (χ2v) is 9.94. The number of thiocarbonyl (C=S) groups is 1. The third kappa shape index (κ3) is 5.60. The van der Waals surface area contributed by atoms with Gasteiger partial charge in [0.25, 0.3) is 5.91 Å². The third-order valence-electron chi connectivity index (χ3n) is 7.64. The molecule has 0 spiro atoms. The molecule has 0 aromatic heterocycles. The van der Waals surface area contributed by atoms with Gasteiger partial charge in [-0.3, -0.25) is 4.79 Å². The monoisotopic (exact) mass is 481 g/mol. The van der Waals surface area contributed by atoms with Gasteiger partial charge in [0.2, 0.25) is 0 Å². The van der Waals surface area contributed by atoms with Gasteiger partial charge in [0.15, 0.2) is 5.11 Å². The average molecular weight is 482 g/mol. The van der Waals surface area contributed by atoms with Crippen LogP contribution in [0.1, 0.15) is 61.0 Å². The van der Waals surface area contributed by atoms with Crippen molar-refractivity contribution >= 4 is 28.9 Å². The van der Waals surface area contributed by atoms with Crippen LogP contribution in [0.5, 0.6) is 0 Å². The van der Waals surface area contributed by atoms with E-state index >= 15 is 0 Å². The molecule has 2 aromatic carbocycles. The lowest BCUT2D eigenvalue weighted by Gasteiger charge is -2.41. The molecule has 0 unspecified atom stereocenters. The van der Waals surface area contributed by atoms with Gasteiger partial charge < -0.3 is 15.1 Å². The molecular weight excluding hydrogens is 445 g/mol. The Labute approximate surface area is 208 Å². The summed E-state index contributed by atoms with van der Waals surface area (Å²) in [5.41, 5.74) is 4.40. The summed E-state index contributed by atoms with van der Waals surface area (Å²) in [6, 6.07) is 12.4. The number of amides is 1. The molecule has 182 valence electrons. The highest BCUT2D eigenvalue weighted by molar-refractivity contribution is 7.80. The van der Waals surface area contributed by atoms with E-state index in [0.717, 1.165) is 69.8 Å². The van der Waals surface area contributed by atoms with Gasteiger partial charge in [-0.05, 0) is 98.0 Å². The predicted molar refractivity (Wildman–Crippen MR) is 141 cm³/mol. The standard InChI is InChI=1S/C28H36FN3OS/c1-3-20-6-5-7-21(4-2)26(20)30-28(34)32-18-14-23(15-19-32)22-12-16-31(17-13-22)27(33)24-8-10-25(29)11-9-24/h5-11,22-23H,3-4,12-19H2,1-2H3,(H,30,34). The van der Waals surface area contributed by atoms with Gasteiger partial charge in [-0.1, -0.05) is 32.0 Å². The zero-order valence-electron chi connectivity index (χ0n) is 20.4. The number of carbonyl (C=O) groups excluding carboxylic acids is 1. The molecule has 4 rings (SSSR count). The number of hydrogen-bond donors (Lipinski definition) is 1. The number of halogens is 1. The van der Waals surface area contributed by atoms with E-state index in [1.807, 2.05) is 4.90 Å². The van der Waals surface area contributed by atoms with Crippen LogP contribution in [0.3, 0.4) is 0 Å². The summed E-state index contributed by atoms with van der Waals surface area (Å²) in [5, 5.41) is 4.41. The normalized spacial score (nSPS) is 17.6. The lowest BCUT2D eigenvalue weighted by molar-refractivity contribution is 0.0627. The van der Waals surface area contributed by atoms with Crippen molar-refractivity contribution < 1.29 is 9.18 Å². The van der Waals surface area contributed by atoms with Crippen molar-refractivity contribution in [3.63, 3.8) is 0 Å². The first kappa shape index (κ1) is 24.6. The minimum atomic E-state index is -0.309. The van der Waals surface area contributed by atoms with Crippen molar-refractivity contribution in [3.05, 3.63) is 65.0 Å². The molecule has 34 heavy (non-hydrogen) atoms. The number of para-hydroxylation sites is 1. The van der Waals surface area contributed by atoms with Crippen LogP contribution >= 0.6 is 12.2 Å². The molecule has 2 aliphatic rings. The number of likely N-dealkylation sites (tertiary alicyclic amines) is 2. The molecule has 2 heterocycles. The summed E-state index contributed by atoms with van der Waals surface area (Å²) in [6.07, 6.45) is 6.36. The van der Waals surface area contributed by atoms with Gasteiger partial charge >= 0.3 is 0 Å². The highest BCUT2D eigenvalue weighted by Crippen LogP contribution is 2.33. The third-order valence-corrected chi connectivity index (χ3v) is 8.00. The SMILES string of the molecule is CCc1cccc(CC)c1NC(=S)N1CCC(C2CCN(C(=O)c3ccc(F)cc3)CC2)CC1. The van der Waals surface area contributed by atoms with Crippen LogP contribution in [0.4, 0.5) is 10.1 Å². The number of piperidine rings is 2. The number of aryl methyl sites for hydroxylation is 2. The van der Waals surface area contributed by atoms with Crippen molar-refractivity contribution in [3.8, 4) is 0 Å². The van der Waals surface area contributed by atoms with Crippen molar-refractivity contribution in [2.45, 2.75) is 52.4 Å². The summed E-state index contributed by atoms with van der Waals surface area (Å²) in [4.78, 5) is 17.0. The fraction of sp³-hybridized carbons (Fsp3) is 0.500. The van der Waals surface area contributed by atoms with Crippen molar-refractivity contribution in [2.75, 3.05) is 31.5 Å². The molecule has 1 amide bonds. The maximum atomic E-state index is 13.2. The summed E-state index contributed by atoms with van der Waals surface area (Å²) in [5.74, 6) is 1.06. The fourth-order valence-electron chi connectivity index (χ4n) is 5.51. The number of nitrogens with zero attached hydrogens (tertiary/aromatic N) is 2. The number of anilines is 1. The number of rotatable bonds is 5. The Kier molecular flexibility index (Phi) is 8.19. The van der Waals surface area contributed by atoms with Gasteiger partial charge in [-0.15, -0.1) is 0 Å². The van der Waals surface area contributed by atoms with Gasteiger partial charge in [0.05, 0.1) is 0 Å². The second kappa shape index (κ2) is 11.3. The lowest BCUT2D eigenvalue weighted by Crippen LogP contribution is -2.45. The summed E-state index contributed by atoms with van der Waals surface area (Å²) < 4.78 is 13.2. The van der Waals surface area contributed by atoms with Crippen LogP contribution in [0.25, 0.3) is 0 Å². The Balaban J connectivity index is 1.26. The zero-order valence-corrected chi connectivity index (χ0v) is 21.2. The largest absolute Gasteiger partial charge is 0.349 e. The molecule has 0 aliphatic carbocycles. The minimum absolute atomic E-state index is 0.0171. The molecular formula is C28H36FN3OS. The van der Waals surface area contributed by atoms with Crippen LogP contribution in [-0.2, 0) is 12.8 Å². The van der Waals surface area contributed by atoms with Crippen LogP contribution in [-0.4, -0.2) is 47.0 Å². The predicted octanol–water partition coefficient (Wildman–Crippen LogP) is 5.91. The highest BCUT2D eigenvalue weighted by atomic mass is 32.1. The molecule has 0 atom stereocenters. The molecule has 2 aromatic rings. The molecule has 2 saturated heterocycles. The van der Waals surface area contributed by atoms with Gasteiger partial charge in [0.1, 0.15) is 5.82 Å². The molecule has 2 fully saturated rings. The number of benzene rings is 2. The molecule has 0 radical (unpaired) electrons. The van der Waals surface area contributed by atoms with E-state index in [1.54, 1.807) is 12.1 Å². The second-order valence-electron chi connectivity index (χ2n) is 9.55. The van der Waals surface area contributed by atoms with E-state index in [0.29, 0.717) is 17.4 Å². The Bertz CT molecular complexity index is 971. The quantitative estimate of drug-likeness (QED) is 0.539. The van der Waals surface area contributed by atoms with E-state index in [-0.39, 0.29) is 11.7 Å². The smallest absolute Gasteiger partial charge is 0.253 e. The van der Waals surface area contributed by atoms with E-state index in [4.69, 9.17) is 12.2 Å². The molecule has 0 saturated carbocycles. The average Bonchev–Trinajstić information content (AvgIpc) is 2.89. The van der Waals surface area contributed by atoms with Gasteiger partial charge in [0, 0.05) is 37.4 Å². The number of carbonyl (C=O) groups is 1. The van der Waals surface area contributed by atoms with Crippen LogP contribution in [0.2, 0.25) is 0 Å². The molecule has 0 bridgehead atoms. The fourth-order valence-corrected chi connectivity index (χ4v) is 5.80. The highest BCUT2D eigenvalue weighted by Gasteiger charge is 2.31. The molecule has 1 N–H and O–H groups in total. The van der Waals surface area contributed by atoms with Crippen LogP contribution in [0.15, 0.2) is 42.5 Å². The van der Waals surface area contributed by atoms with Crippen molar-refractivity contribution in [1.29, 1.82) is 0 Å². The Morgan fingerprint density at radius 3 is 1.88 bits per heavy atom. The Morgan fingerprint density at radius 1 is 0.882 bits per heavy atom. The first-order valence-electron chi connectivity index (χ1n) is 12.7. The minimum Gasteiger partial charge on any atom is -0.349 e. The first-order valence-corrected chi connectivity index (χ1v) is 13.1. The van der Waals surface area contributed by atoms with Gasteiger partial charge in [-0.2, -0.15) is 0 Å². The summed E-state index contributed by atoms with van der Waals surface area (Å²) in [6.45, 7) is 7.92. The maximum absolute atomic E-state index is 13.2. The Hall–Kier alpha value is -2.47. The van der Waals surface area contributed by atoms with Crippen LogP contribution < -0.4 is 5.32 Å². The molecule has 4 nitrogen and oxygen atoms in total. The Morgan fingerprint density at radius 2 is 1.38 bits per heavy atom. The molecule has 2 aliphatic heterocycles. The van der Waals surface area contributed by atoms with E-state index < -0.39 is 0 Å². The first-order chi connectivity index (χ1) is 16.5. The topological polar surface area (TPSA) is 35.6 Å². The maximum Gasteiger partial charge on any atom is 0.253 e. The van der Waals surface area contributed by atoms with E-state index in [2.05, 4.69) is 42.3 Å². The lowest BCUT2D eigenvalue weighted by atomic mass is 9.79. The number of hydrogen-bond acceptors (Lipinski definition) is 2. The van der Waals surface area contributed by atoms with Crippen molar-refractivity contribution in [2.24, 2.45) is 11.8 Å². The zero-order chi connectivity index (χ0) is 24.1. The van der Waals surface area contributed by atoms with Crippen molar-refractivity contribution in [1.82, 2.24) is 9.80 Å². The van der Waals surface area contributed by atoms with Crippen LogP contribution in [0, 0.1) is 17.7 Å². The van der Waals surface area contributed by atoms with E-state index in [9.17, 15) is 9.18 Å². The summed E-state index contributed by atoms with van der Waals surface area (Å²) in [7, 11) is 0. The van der Waals surface area contributed by atoms with Gasteiger partial charge in [-0.25, -0.2) is 4.39 Å². The summed E-state index contributed by atoms with van der Waals surface area (Å²) >= 11 is 5.81. The van der Waals surface area contributed by atoms with E-state index in [1.165, 1.54) is 28.9 Å². The number of nitrogens with one attached hydrogen (secondary N) is 1. The molecule has 6 heteroatoms.